The summed E-state index contributed by atoms with van der Waals surface area (Å²) in [5, 5.41) is 12.8. The van der Waals surface area contributed by atoms with Gasteiger partial charge in [0.05, 0.1) is 34.4 Å². The second-order valence-electron chi connectivity index (χ2n) is 6.74. The minimum atomic E-state index is -0.205. The van der Waals surface area contributed by atoms with Crippen LogP contribution < -0.4 is 5.32 Å². The number of amides is 1. The molecule has 29 heavy (non-hydrogen) atoms. The summed E-state index contributed by atoms with van der Waals surface area (Å²) in [5.74, 6) is -0.175. The van der Waals surface area contributed by atoms with Crippen LogP contribution in [0.3, 0.4) is 0 Å². The topological polar surface area (TPSA) is 78.7 Å². The fourth-order valence-corrected chi connectivity index (χ4v) is 3.23. The molecule has 0 radical (unpaired) electrons. The number of nitrogens with one attached hydrogen (secondary N) is 1. The first-order valence-electron chi connectivity index (χ1n) is 9.27. The number of fused-ring (bicyclic) bond motifs is 1. The molecule has 0 aliphatic carbocycles. The van der Waals surface area contributed by atoms with E-state index in [9.17, 15) is 4.79 Å². The molecule has 140 valence electrons. The van der Waals surface area contributed by atoms with Gasteiger partial charge in [0.25, 0.3) is 5.91 Å². The van der Waals surface area contributed by atoms with Gasteiger partial charge in [-0.05, 0) is 48.9 Å². The molecule has 0 fully saturated rings. The van der Waals surface area contributed by atoms with Gasteiger partial charge in [0, 0.05) is 23.3 Å². The molecular weight excluding hydrogens is 360 g/mol. The molecule has 5 heteroatoms. The van der Waals surface area contributed by atoms with E-state index in [2.05, 4.69) is 16.4 Å². The SMILES string of the molecule is CC(NC(=O)c1cc(-c2cccnc2)nc2ccccc12)c1ccc(C#N)cc1. The Morgan fingerprint density at radius 1 is 1.07 bits per heavy atom. The number of carbonyl (C=O) groups is 1. The Balaban J connectivity index is 1.70. The van der Waals surface area contributed by atoms with Crippen molar-refractivity contribution < 1.29 is 4.79 Å². The van der Waals surface area contributed by atoms with E-state index in [-0.39, 0.29) is 11.9 Å². The fourth-order valence-electron chi connectivity index (χ4n) is 3.23. The van der Waals surface area contributed by atoms with Crippen LogP contribution in [0.25, 0.3) is 22.2 Å². The van der Waals surface area contributed by atoms with Gasteiger partial charge >= 0.3 is 0 Å². The lowest BCUT2D eigenvalue weighted by Gasteiger charge is -2.16. The quantitative estimate of drug-likeness (QED) is 0.560. The number of rotatable bonds is 4. The van der Waals surface area contributed by atoms with E-state index in [0.29, 0.717) is 16.8 Å². The van der Waals surface area contributed by atoms with Crippen LogP contribution in [0.4, 0.5) is 0 Å². The third kappa shape index (κ3) is 3.83. The van der Waals surface area contributed by atoms with Crippen LogP contribution in [-0.2, 0) is 0 Å². The first kappa shape index (κ1) is 18.3. The number of aromatic nitrogens is 2. The van der Waals surface area contributed by atoms with Crippen molar-refractivity contribution in [1.29, 1.82) is 5.26 Å². The number of nitriles is 1. The average Bonchev–Trinajstić information content (AvgIpc) is 2.78. The maximum absolute atomic E-state index is 13.1. The molecule has 0 spiro atoms. The number of pyridine rings is 2. The Morgan fingerprint density at radius 2 is 1.86 bits per heavy atom. The Morgan fingerprint density at radius 3 is 2.59 bits per heavy atom. The van der Waals surface area contributed by atoms with Gasteiger partial charge in [-0.25, -0.2) is 4.98 Å². The average molecular weight is 378 g/mol. The molecule has 1 amide bonds. The van der Waals surface area contributed by atoms with Gasteiger partial charge in [0.15, 0.2) is 0 Å². The summed E-state index contributed by atoms with van der Waals surface area (Å²) >= 11 is 0. The highest BCUT2D eigenvalue weighted by molar-refractivity contribution is 6.07. The molecule has 2 aromatic heterocycles. The third-order valence-corrected chi connectivity index (χ3v) is 4.81. The van der Waals surface area contributed by atoms with Gasteiger partial charge in [-0.15, -0.1) is 0 Å². The van der Waals surface area contributed by atoms with Crippen molar-refractivity contribution in [3.05, 3.63) is 95.8 Å². The van der Waals surface area contributed by atoms with E-state index in [4.69, 9.17) is 10.2 Å². The van der Waals surface area contributed by atoms with Gasteiger partial charge in [0.1, 0.15) is 0 Å². The van der Waals surface area contributed by atoms with Crippen LogP contribution in [0.2, 0.25) is 0 Å². The Kier molecular flexibility index (Phi) is 5.00. The molecule has 0 aliphatic rings. The van der Waals surface area contributed by atoms with E-state index < -0.39 is 0 Å². The zero-order valence-electron chi connectivity index (χ0n) is 15.8. The van der Waals surface area contributed by atoms with Crippen LogP contribution >= 0.6 is 0 Å². The number of benzene rings is 2. The molecule has 1 N–H and O–H groups in total. The molecule has 0 bridgehead atoms. The lowest BCUT2D eigenvalue weighted by molar-refractivity contribution is 0.0941. The Bertz CT molecular complexity index is 1210. The maximum atomic E-state index is 13.1. The Labute approximate surface area is 168 Å². The van der Waals surface area contributed by atoms with Crippen LogP contribution in [0.15, 0.2) is 79.1 Å². The molecule has 1 atom stereocenters. The van der Waals surface area contributed by atoms with Crippen molar-refractivity contribution in [3.63, 3.8) is 0 Å². The van der Waals surface area contributed by atoms with Crippen LogP contribution in [-0.4, -0.2) is 15.9 Å². The molecule has 5 nitrogen and oxygen atoms in total. The number of hydrogen-bond donors (Lipinski definition) is 1. The molecule has 1 unspecified atom stereocenters. The number of hydrogen-bond acceptors (Lipinski definition) is 4. The second-order valence-corrected chi connectivity index (χ2v) is 6.74. The van der Waals surface area contributed by atoms with E-state index in [1.807, 2.05) is 55.5 Å². The summed E-state index contributed by atoms with van der Waals surface area (Å²) < 4.78 is 0. The minimum Gasteiger partial charge on any atom is -0.345 e. The molecule has 2 aromatic carbocycles. The van der Waals surface area contributed by atoms with Gasteiger partial charge in [-0.2, -0.15) is 5.26 Å². The van der Waals surface area contributed by atoms with E-state index in [1.54, 1.807) is 30.6 Å². The number of nitrogens with zero attached hydrogens (tertiary/aromatic N) is 3. The molecule has 4 aromatic rings. The number of carbonyl (C=O) groups excluding carboxylic acids is 1. The van der Waals surface area contributed by atoms with E-state index >= 15 is 0 Å². The van der Waals surface area contributed by atoms with Gasteiger partial charge in [-0.3, -0.25) is 9.78 Å². The fraction of sp³-hybridized carbons (Fsp3) is 0.0833. The van der Waals surface area contributed by atoms with Crippen molar-refractivity contribution in [3.8, 4) is 17.3 Å². The molecular formula is C24H18N4O. The Hall–Kier alpha value is -4.04. The summed E-state index contributed by atoms with van der Waals surface area (Å²) in [6.45, 7) is 1.92. The standard InChI is InChI=1S/C24H18N4O/c1-16(18-10-8-17(14-25)9-11-18)27-24(29)21-13-23(19-5-4-12-26-15-19)28-22-7-3-2-6-20(21)22/h2-13,15-16H,1H3,(H,27,29). The van der Waals surface area contributed by atoms with Gasteiger partial charge in [-0.1, -0.05) is 30.3 Å². The van der Waals surface area contributed by atoms with Gasteiger partial charge < -0.3 is 5.32 Å². The molecule has 0 aliphatic heterocycles. The van der Waals surface area contributed by atoms with Crippen LogP contribution in [0, 0.1) is 11.3 Å². The smallest absolute Gasteiger partial charge is 0.252 e. The molecule has 0 saturated heterocycles. The second kappa shape index (κ2) is 7.91. The molecule has 0 saturated carbocycles. The minimum absolute atomic E-state index is 0.175. The predicted octanol–water partition coefficient (Wildman–Crippen LogP) is 4.66. The summed E-state index contributed by atoms with van der Waals surface area (Å²) in [6, 6.07) is 22.3. The molecule has 2 heterocycles. The normalized spacial score (nSPS) is 11.6. The first-order chi connectivity index (χ1) is 14.2. The van der Waals surface area contributed by atoms with E-state index in [1.165, 1.54) is 0 Å². The van der Waals surface area contributed by atoms with E-state index in [0.717, 1.165) is 22.0 Å². The van der Waals surface area contributed by atoms with Crippen molar-refractivity contribution in [2.45, 2.75) is 13.0 Å². The lowest BCUT2D eigenvalue weighted by atomic mass is 10.0. The summed E-state index contributed by atoms with van der Waals surface area (Å²) in [6.07, 6.45) is 3.44. The van der Waals surface area contributed by atoms with Crippen molar-refractivity contribution in [1.82, 2.24) is 15.3 Å². The largest absolute Gasteiger partial charge is 0.345 e. The summed E-state index contributed by atoms with van der Waals surface area (Å²) in [5.41, 5.74) is 4.40. The van der Waals surface area contributed by atoms with Gasteiger partial charge in [0.2, 0.25) is 0 Å². The molecule has 4 rings (SSSR count). The first-order valence-corrected chi connectivity index (χ1v) is 9.27. The zero-order valence-corrected chi connectivity index (χ0v) is 15.8. The third-order valence-electron chi connectivity index (χ3n) is 4.81. The zero-order chi connectivity index (χ0) is 20.2. The van der Waals surface area contributed by atoms with Crippen LogP contribution in [0.1, 0.15) is 34.5 Å². The van der Waals surface area contributed by atoms with Crippen molar-refractivity contribution >= 4 is 16.8 Å². The maximum Gasteiger partial charge on any atom is 0.252 e. The monoisotopic (exact) mass is 378 g/mol. The summed E-state index contributed by atoms with van der Waals surface area (Å²) in [4.78, 5) is 22.0. The highest BCUT2D eigenvalue weighted by Gasteiger charge is 2.16. The highest BCUT2D eigenvalue weighted by atomic mass is 16.1. The predicted molar refractivity (Wildman–Crippen MR) is 112 cm³/mol. The lowest BCUT2D eigenvalue weighted by Crippen LogP contribution is -2.27. The van der Waals surface area contributed by atoms with Crippen molar-refractivity contribution in [2.75, 3.05) is 0 Å². The number of para-hydroxylation sites is 1. The summed E-state index contributed by atoms with van der Waals surface area (Å²) in [7, 11) is 0. The van der Waals surface area contributed by atoms with Crippen LogP contribution in [0.5, 0.6) is 0 Å². The highest BCUT2D eigenvalue weighted by Crippen LogP contribution is 2.25. The van der Waals surface area contributed by atoms with Crippen molar-refractivity contribution in [2.24, 2.45) is 0 Å².